The summed E-state index contributed by atoms with van der Waals surface area (Å²) in [5, 5.41) is 9.61. The lowest BCUT2D eigenvalue weighted by atomic mass is 10.0. The lowest BCUT2D eigenvalue weighted by Gasteiger charge is -2.18. The highest BCUT2D eigenvalue weighted by atomic mass is 32.2. The van der Waals surface area contributed by atoms with E-state index in [4.69, 9.17) is 4.74 Å². The van der Waals surface area contributed by atoms with Crippen molar-refractivity contribution in [2.24, 2.45) is 5.92 Å². The number of aliphatic hydroxyl groups excluding tert-OH is 1. The van der Waals surface area contributed by atoms with Gasteiger partial charge in [0.2, 0.25) is 10.0 Å². The van der Waals surface area contributed by atoms with E-state index in [9.17, 15) is 13.5 Å². The molecule has 1 heterocycles. The Balaban J connectivity index is 2.22. The van der Waals surface area contributed by atoms with Crippen LogP contribution in [0.2, 0.25) is 0 Å². The van der Waals surface area contributed by atoms with Gasteiger partial charge in [-0.05, 0) is 56.9 Å². The number of sulfonamides is 1. The lowest BCUT2D eigenvalue weighted by Crippen LogP contribution is -2.30. The molecule has 5 nitrogen and oxygen atoms in total. The molecule has 1 aliphatic heterocycles. The van der Waals surface area contributed by atoms with Crippen LogP contribution in [0.25, 0.3) is 0 Å². The SMILES string of the molecule is CCOc1ccc(S(=O)(=O)N2CCC(C(C)O)C2)cc1C. The van der Waals surface area contributed by atoms with Crippen LogP contribution in [0.3, 0.4) is 0 Å². The molecular weight excluding hydrogens is 290 g/mol. The molecule has 1 N–H and O–H groups in total. The van der Waals surface area contributed by atoms with E-state index in [-0.39, 0.29) is 10.8 Å². The van der Waals surface area contributed by atoms with Crippen molar-refractivity contribution >= 4 is 10.0 Å². The molecule has 21 heavy (non-hydrogen) atoms. The molecule has 0 amide bonds. The number of hydrogen-bond donors (Lipinski definition) is 1. The predicted octanol–water partition coefficient (Wildman–Crippen LogP) is 1.79. The quantitative estimate of drug-likeness (QED) is 0.900. The van der Waals surface area contributed by atoms with Crippen LogP contribution in [-0.4, -0.2) is 43.6 Å². The van der Waals surface area contributed by atoms with Crippen molar-refractivity contribution in [3.63, 3.8) is 0 Å². The van der Waals surface area contributed by atoms with Gasteiger partial charge in [0, 0.05) is 13.1 Å². The van der Waals surface area contributed by atoms with Gasteiger partial charge in [-0.1, -0.05) is 0 Å². The van der Waals surface area contributed by atoms with E-state index in [0.717, 1.165) is 5.56 Å². The van der Waals surface area contributed by atoms with Gasteiger partial charge in [-0.25, -0.2) is 8.42 Å². The van der Waals surface area contributed by atoms with Crippen molar-refractivity contribution in [2.45, 2.75) is 38.2 Å². The van der Waals surface area contributed by atoms with Gasteiger partial charge >= 0.3 is 0 Å². The zero-order valence-electron chi connectivity index (χ0n) is 12.7. The Kier molecular flexibility index (Phi) is 4.91. The van der Waals surface area contributed by atoms with E-state index in [1.807, 2.05) is 13.8 Å². The molecule has 0 aliphatic carbocycles. The standard InChI is InChI=1S/C15H23NO4S/c1-4-20-15-6-5-14(9-11(15)2)21(18,19)16-8-7-13(10-16)12(3)17/h5-6,9,12-13,17H,4,7-8,10H2,1-3H3. The summed E-state index contributed by atoms with van der Waals surface area (Å²) >= 11 is 0. The first-order valence-electron chi connectivity index (χ1n) is 7.28. The first-order valence-corrected chi connectivity index (χ1v) is 8.72. The molecule has 0 spiro atoms. The maximum absolute atomic E-state index is 12.6. The highest BCUT2D eigenvalue weighted by molar-refractivity contribution is 7.89. The monoisotopic (exact) mass is 313 g/mol. The normalized spacial score (nSPS) is 21.4. The fourth-order valence-electron chi connectivity index (χ4n) is 2.61. The third-order valence-electron chi connectivity index (χ3n) is 3.95. The minimum Gasteiger partial charge on any atom is -0.494 e. The summed E-state index contributed by atoms with van der Waals surface area (Å²) in [5.41, 5.74) is 0.809. The number of nitrogens with zero attached hydrogens (tertiary/aromatic N) is 1. The zero-order chi connectivity index (χ0) is 15.6. The van der Waals surface area contributed by atoms with E-state index in [0.29, 0.717) is 31.9 Å². The summed E-state index contributed by atoms with van der Waals surface area (Å²) in [6, 6.07) is 4.94. The Morgan fingerprint density at radius 3 is 2.71 bits per heavy atom. The van der Waals surface area contributed by atoms with Crippen molar-refractivity contribution in [3.8, 4) is 5.75 Å². The van der Waals surface area contributed by atoms with Crippen LogP contribution in [0.5, 0.6) is 5.75 Å². The Hall–Kier alpha value is -1.11. The van der Waals surface area contributed by atoms with E-state index in [1.165, 1.54) is 4.31 Å². The smallest absolute Gasteiger partial charge is 0.243 e. The molecule has 2 unspecified atom stereocenters. The van der Waals surface area contributed by atoms with Crippen LogP contribution in [0, 0.1) is 12.8 Å². The molecule has 2 rings (SSSR count). The second kappa shape index (κ2) is 6.34. The Morgan fingerprint density at radius 2 is 2.19 bits per heavy atom. The molecule has 6 heteroatoms. The van der Waals surface area contributed by atoms with Gasteiger partial charge in [0.15, 0.2) is 0 Å². The van der Waals surface area contributed by atoms with E-state index < -0.39 is 16.1 Å². The summed E-state index contributed by atoms with van der Waals surface area (Å²) in [5.74, 6) is 0.725. The van der Waals surface area contributed by atoms with Gasteiger partial charge in [0.25, 0.3) is 0 Å². The summed E-state index contributed by atoms with van der Waals surface area (Å²) < 4.78 is 32.1. The molecule has 1 aromatic carbocycles. The maximum atomic E-state index is 12.6. The van der Waals surface area contributed by atoms with Crippen LogP contribution < -0.4 is 4.74 Å². The third-order valence-corrected chi connectivity index (χ3v) is 5.81. The van der Waals surface area contributed by atoms with E-state index in [1.54, 1.807) is 25.1 Å². The van der Waals surface area contributed by atoms with E-state index in [2.05, 4.69) is 0 Å². The molecule has 0 bridgehead atoms. The summed E-state index contributed by atoms with van der Waals surface area (Å²) in [6.45, 7) is 6.84. The minimum absolute atomic E-state index is 0.0172. The van der Waals surface area contributed by atoms with Crippen molar-refractivity contribution < 1.29 is 18.3 Å². The lowest BCUT2D eigenvalue weighted by molar-refractivity contribution is 0.133. The molecule has 1 fully saturated rings. The summed E-state index contributed by atoms with van der Waals surface area (Å²) in [4.78, 5) is 0.287. The van der Waals surface area contributed by atoms with Gasteiger partial charge in [-0.15, -0.1) is 0 Å². The fourth-order valence-corrected chi connectivity index (χ4v) is 4.21. The largest absolute Gasteiger partial charge is 0.494 e. The number of aryl methyl sites for hydroxylation is 1. The van der Waals surface area contributed by atoms with Gasteiger partial charge in [0.05, 0.1) is 17.6 Å². The van der Waals surface area contributed by atoms with Crippen LogP contribution in [0.1, 0.15) is 25.8 Å². The van der Waals surface area contributed by atoms with Crippen LogP contribution in [0.15, 0.2) is 23.1 Å². The third kappa shape index (κ3) is 3.39. The first kappa shape index (κ1) is 16.3. The molecule has 0 saturated carbocycles. The molecule has 118 valence electrons. The molecule has 1 aliphatic rings. The summed E-state index contributed by atoms with van der Waals surface area (Å²) in [6.07, 6.45) is 0.222. The Morgan fingerprint density at radius 1 is 1.48 bits per heavy atom. The molecule has 1 aromatic rings. The minimum atomic E-state index is -3.49. The van der Waals surface area contributed by atoms with Gasteiger partial charge < -0.3 is 9.84 Å². The average Bonchev–Trinajstić information content (AvgIpc) is 2.91. The zero-order valence-corrected chi connectivity index (χ0v) is 13.6. The van der Waals surface area contributed by atoms with Crippen LogP contribution >= 0.6 is 0 Å². The van der Waals surface area contributed by atoms with Crippen LogP contribution in [-0.2, 0) is 10.0 Å². The van der Waals surface area contributed by atoms with Crippen molar-refractivity contribution in [1.82, 2.24) is 4.31 Å². The number of ether oxygens (including phenoxy) is 1. The molecule has 0 aromatic heterocycles. The molecule has 0 radical (unpaired) electrons. The second-order valence-corrected chi connectivity index (χ2v) is 7.45. The Bertz CT molecular complexity index is 598. The first-order chi connectivity index (χ1) is 9.86. The molecule has 1 saturated heterocycles. The van der Waals surface area contributed by atoms with Gasteiger partial charge in [0.1, 0.15) is 5.75 Å². The number of hydrogen-bond acceptors (Lipinski definition) is 4. The fraction of sp³-hybridized carbons (Fsp3) is 0.600. The Labute approximate surface area is 126 Å². The predicted molar refractivity (Wildman–Crippen MR) is 80.9 cm³/mol. The highest BCUT2D eigenvalue weighted by Gasteiger charge is 2.34. The van der Waals surface area contributed by atoms with Crippen molar-refractivity contribution in [2.75, 3.05) is 19.7 Å². The van der Waals surface area contributed by atoms with Gasteiger partial charge in [-0.3, -0.25) is 0 Å². The van der Waals surface area contributed by atoms with Crippen LogP contribution in [0.4, 0.5) is 0 Å². The average molecular weight is 313 g/mol. The van der Waals surface area contributed by atoms with Crippen molar-refractivity contribution in [1.29, 1.82) is 0 Å². The topological polar surface area (TPSA) is 66.8 Å². The van der Waals surface area contributed by atoms with Crippen molar-refractivity contribution in [3.05, 3.63) is 23.8 Å². The number of benzene rings is 1. The van der Waals surface area contributed by atoms with E-state index >= 15 is 0 Å². The molecular formula is C15H23NO4S. The summed E-state index contributed by atoms with van der Waals surface area (Å²) in [7, 11) is -3.49. The van der Waals surface area contributed by atoms with Gasteiger partial charge in [-0.2, -0.15) is 4.31 Å². The highest BCUT2D eigenvalue weighted by Crippen LogP contribution is 2.28. The maximum Gasteiger partial charge on any atom is 0.243 e. The second-order valence-electron chi connectivity index (χ2n) is 5.51. The number of aliphatic hydroxyl groups is 1. The molecule has 2 atom stereocenters. The number of rotatable bonds is 5.